The van der Waals surface area contributed by atoms with E-state index in [1.165, 1.54) is 5.56 Å². The fourth-order valence-corrected chi connectivity index (χ4v) is 4.62. The van der Waals surface area contributed by atoms with E-state index in [2.05, 4.69) is 65.4 Å². The van der Waals surface area contributed by atoms with Gasteiger partial charge in [-0.25, -0.2) is 0 Å². The number of halogens is 1. The third-order valence-corrected chi connectivity index (χ3v) is 6.35. The maximum absolute atomic E-state index is 13.5. The van der Waals surface area contributed by atoms with Gasteiger partial charge in [0, 0.05) is 33.4 Å². The third kappa shape index (κ3) is 3.82. The Balaban J connectivity index is 1.76. The number of rotatable bonds is 4. The van der Waals surface area contributed by atoms with E-state index < -0.39 is 0 Å². The molecular formula is C25H25BrN2O. The lowest BCUT2D eigenvalue weighted by Crippen LogP contribution is -2.50. The second-order valence-electron chi connectivity index (χ2n) is 7.56. The van der Waals surface area contributed by atoms with Gasteiger partial charge in [0.15, 0.2) is 0 Å². The topological polar surface area (TPSA) is 32.3 Å². The summed E-state index contributed by atoms with van der Waals surface area (Å²) in [6.45, 7) is 4.41. The molecule has 148 valence electrons. The van der Waals surface area contributed by atoms with Gasteiger partial charge in [0.2, 0.25) is 0 Å². The number of para-hydroxylation sites is 2. The Hall–Kier alpha value is -2.59. The summed E-state index contributed by atoms with van der Waals surface area (Å²) in [5.41, 5.74) is 3.97. The Kier molecular flexibility index (Phi) is 5.72. The molecule has 0 bridgehead atoms. The number of carbonyl (C=O) groups excluding carboxylic acids is 1. The molecule has 0 saturated heterocycles. The molecule has 3 nitrogen and oxygen atoms in total. The molecule has 4 heteroatoms. The number of nitrogens with zero attached hydrogens (tertiary/aromatic N) is 1. The highest BCUT2D eigenvalue weighted by Crippen LogP contribution is 2.43. The third-order valence-electron chi connectivity index (χ3n) is 5.82. The first-order valence-corrected chi connectivity index (χ1v) is 10.9. The number of carbonyl (C=O) groups is 1. The molecule has 1 N–H and O–H groups in total. The van der Waals surface area contributed by atoms with Crippen LogP contribution in [0.2, 0.25) is 0 Å². The van der Waals surface area contributed by atoms with Gasteiger partial charge in [-0.1, -0.05) is 66.2 Å². The second kappa shape index (κ2) is 8.42. The maximum atomic E-state index is 13.5. The van der Waals surface area contributed by atoms with Gasteiger partial charge in [-0.15, -0.1) is 0 Å². The molecule has 0 saturated carbocycles. The van der Waals surface area contributed by atoms with Crippen LogP contribution in [0.25, 0.3) is 0 Å². The molecule has 1 heterocycles. The Labute approximate surface area is 180 Å². The Morgan fingerprint density at radius 1 is 0.966 bits per heavy atom. The lowest BCUT2D eigenvalue weighted by Gasteiger charge is -2.45. The molecule has 0 radical (unpaired) electrons. The summed E-state index contributed by atoms with van der Waals surface area (Å²) in [6.07, 6.45) is 0.894. The second-order valence-corrected chi connectivity index (χ2v) is 8.48. The molecule has 0 fully saturated rings. The van der Waals surface area contributed by atoms with E-state index in [0.29, 0.717) is 5.56 Å². The van der Waals surface area contributed by atoms with Crippen LogP contribution in [0.1, 0.15) is 42.2 Å². The number of benzene rings is 3. The minimum atomic E-state index is 0.0572. The van der Waals surface area contributed by atoms with Crippen LogP contribution in [-0.2, 0) is 0 Å². The van der Waals surface area contributed by atoms with Gasteiger partial charge in [0.1, 0.15) is 0 Å². The average molecular weight is 449 g/mol. The van der Waals surface area contributed by atoms with Crippen molar-refractivity contribution in [2.45, 2.75) is 32.4 Å². The number of fused-ring (bicyclic) bond motifs is 1. The summed E-state index contributed by atoms with van der Waals surface area (Å²) < 4.78 is 0.973. The van der Waals surface area contributed by atoms with E-state index in [1.807, 2.05) is 53.4 Å². The molecule has 4 rings (SSSR count). The zero-order chi connectivity index (χ0) is 20.4. The summed E-state index contributed by atoms with van der Waals surface area (Å²) in [7, 11) is 0. The first-order valence-electron chi connectivity index (χ1n) is 10.1. The fraction of sp³-hybridized carbons (Fsp3) is 0.240. The van der Waals surface area contributed by atoms with E-state index in [1.54, 1.807) is 0 Å². The van der Waals surface area contributed by atoms with Crippen LogP contribution < -0.4 is 10.2 Å². The van der Waals surface area contributed by atoms with Crippen molar-refractivity contribution in [2.24, 2.45) is 5.92 Å². The number of anilines is 2. The number of hydrogen-bond acceptors (Lipinski definition) is 2. The zero-order valence-electron chi connectivity index (χ0n) is 16.7. The van der Waals surface area contributed by atoms with Crippen molar-refractivity contribution in [3.8, 4) is 0 Å². The Morgan fingerprint density at radius 2 is 1.62 bits per heavy atom. The molecule has 29 heavy (non-hydrogen) atoms. The van der Waals surface area contributed by atoms with E-state index in [9.17, 15) is 4.79 Å². The normalized spacial score (nSPS) is 20.8. The van der Waals surface area contributed by atoms with Gasteiger partial charge in [-0.05, 0) is 54.4 Å². The van der Waals surface area contributed by atoms with Crippen molar-refractivity contribution in [3.05, 3.63) is 94.5 Å². The minimum Gasteiger partial charge on any atom is -0.378 e. The highest BCUT2D eigenvalue weighted by Gasteiger charge is 2.40. The van der Waals surface area contributed by atoms with Crippen molar-refractivity contribution < 1.29 is 4.79 Å². The molecule has 1 aliphatic rings. The quantitative estimate of drug-likeness (QED) is 0.482. The fourth-order valence-electron chi connectivity index (χ4n) is 4.36. The first kappa shape index (κ1) is 19.7. The predicted octanol–water partition coefficient (Wildman–Crippen LogP) is 6.68. The number of nitrogens with one attached hydrogen (secondary N) is 1. The van der Waals surface area contributed by atoms with Crippen molar-refractivity contribution in [3.63, 3.8) is 0 Å². The highest BCUT2D eigenvalue weighted by molar-refractivity contribution is 9.10. The van der Waals surface area contributed by atoms with Crippen LogP contribution >= 0.6 is 15.9 Å². The molecule has 1 amide bonds. The lowest BCUT2D eigenvalue weighted by molar-refractivity contribution is 0.0960. The van der Waals surface area contributed by atoms with Crippen molar-refractivity contribution in [1.29, 1.82) is 0 Å². The molecule has 1 aliphatic heterocycles. The molecular weight excluding hydrogens is 424 g/mol. The van der Waals surface area contributed by atoms with E-state index in [0.717, 1.165) is 22.3 Å². The van der Waals surface area contributed by atoms with Crippen LogP contribution in [0, 0.1) is 5.92 Å². The molecule has 3 aromatic carbocycles. The van der Waals surface area contributed by atoms with E-state index in [4.69, 9.17) is 0 Å². The van der Waals surface area contributed by atoms with Gasteiger partial charge in [0.25, 0.3) is 5.91 Å². The van der Waals surface area contributed by atoms with Gasteiger partial charge >= 0.3 is 0 Å². The van der Waals surface area contributed by atoms with Crippen molar-refractivity contribution >= 4 is 33.2 Å². The Morgan fingerprint density at radius 3 is 2.31 bits per heavy atom. The zero-order valence-corrected chi connectivity index (χ0v) is 18.3. The lowest BCUT2D eigenvalue weighted by atomic mass is 9.80. The van der Waals surface area contributed by atoms with Crippen molar-refractivity contribution in [2.75, 3.05) is 10.2 Å². The molecule has 0 aromatic heterocycles. The smallest absolute Gasteiger partial charge is 0.258 e. The van der Waals surface area contributed by atoms with Gasteiger partial charge in [-0.2, -0.15) is 0 Å². The average Bonchev–Trinajstić information content (AvgIpc) is 2.76. The first-order chi connectivity index (χ1) is 14.1. The minimum absolute atomic E-state index is 0.0572. The summed E-state index contributed by atoms with van der Waals surface area (Å²) in [5.74, 6) is 0.316. The Bertz CT molecular complexity index is 987. The van der Waals surface area contributed by atoms with Crippen molar-refractivity contribution in [1.82, 2.24) is 0 Å². The molecule has 0 spiro atoms. The van der Waals surface area contributed by atoms with Crippen LogP contribution in [-0.4, -0.2) is 11.9 Å². The monoisotopic (exact) mass is 448 g/mol. The van der Waals surface area contributed by atoms with Gasteiger partial charge in [-0.3, -0.25) is 4.79 Å². The summed E-state index contributed by atoms with van der Waals surface area (Å²) in [5, 5.41) is 3.71. The van der Waals surface area contributed by atoms with Crippen LogP contribution in [0.15, 0.2) is 83.3 Å². The largest absolute Gasteiger partial charge is 0.378 e. The molecule has 2 unspecified atom stereocenters. The van der Waals surface area contributed by atoms with E-state index in [-0.39, 0.29) is 23.9 Å². The summed E-state index contributed by atoms with van der Waals surface area (Å²) >= 11 is 3.46. The van der Waals surface area contributed by atoms with Gasteiger partial charge < -0.3 is 10.2 Å². The number of amides is 1. The summed E-state index contributed by atoms with van der Waals surface area (Å²) in [4.78, 5) is 15.6. The maximum Gasteiger partial charge on any atom is 0.258 e. The number of hydrogen-bond donors (Lipinski definition) is 1. The standard InChI is InChI=1S/C25H25BrN2O/c1-3-22-17(2)24(27-20-9-5-4-6-10-20)21-11-7-8-12-23(21)28(22)25(29)18-13-15-19(26)16-14-18/h4-17,22,24,27H,3H2,1-2H3/t17-,22?,24?/m1/s1. The SMILES string of the molecule is CCC1[C@@H](C)C(Nc2ccccc2)c2ccccc2N1C(=O)c1ccc(Br)cc1. The molecule has 3 atom stereocenters. The molecule has 3 aromatic rings. The molecule has 0 aliphatic carbocycles. The van der Waals surface area contributed by atoms with Crippen LogP contribution in [0.5, 0.6) is 0 Å². The highest BCUT2D eigenvalue weighted by atomic mass is 79.9. The van der Waals surface area contributed by atoms with Crippen LogP contribution in [0.4, 0.5) is 11.4 Å². The summed E-state index contributed by atoms with van der Waals surface area (Å²) in [6, 6.07) is 26.5. The van der Waals surface area contributed by atoms with Crippen LogP contribution in [0.3, 0.4) is 0 Å². The van der Waals surface area contributed by atoms with Gasteiger partial charge in [0.05, 0.1) is 6.04 Å². The van der Waals surface area contributed by atoms with E-state index >= 15 is 0 Å². The predicted molar refractivity (Wildman–Crippen MR) is 123 cm³/mol.